The molecule has 56 heavy (non-hydrogen) atoms. The van der Waals surface area contributed by atoms with Gasteiger partial charge in [-0.3, -0.25) is 4.57 Å². The van der Waals surface area contributed by atoms with Gasteiger partial charge in [-0.05, 0) is 78.3 Å². The summed E-state index contributed by atoms with van der Waals surface area (Å²) in [5.41, 5.74) is -5.27. The number of aromatic nitrogens is 4. The Morgan fingerprint density at radius 3 is 1.36 bits per heavy atom. The molecule has 2 heterocycles. The standard InChI is InChI=1S/C52H32N4/c1-2-17-35-33(15-1)34-16-3-4-20-38(34)46-31-32(29-30-39(35)46)50-53-51(55-52(54-50)56-47-27-13-11-21-40(47)41-22-12-14-28-48(41)56)45-26-10-9-25-44(45)49-42-23-7-5-18-36(42)37-19-6-8-24-43(37)49/h1-31,49H/i1D,2D,3D,4D,5D,6D,7D,8D,9D,10D,11D,12D,13D,14D,15D,16D,17D,18D,19D,20D,21D,22D,23D,24D,25D,26D,27D,28D,30D,31D. The van der Waals surface area contributed by atoms with Crippen molar-refractivity contribution in [3.8, 4) is 39.9 Å². The van der Waals surface area contributed by atoms with Gasteiger partial charge in [0.15, 0.2) is 11.6 Å². The minimum Gasteiger partial charge on any atom is -0.278 e. The summed E-state index contributed by atoms with van der Waals surface area (Å²) in [6.45, 7) is 0. The molecule has 0 spiro atoms. The van der Waals surface area contributed by atoms with Gasteiger partial charge < -0.3 is 0 Å². The highest BCUT2D eigenvalue weighted by Crippen LogP contribution is 2.49. The van der Waals surface area contributed by atoms with E-state index in [-0.39, 0.29) is 0 Å². The highest BCUT2D eigenvalue weighted by molar-refractivity contribution is 6.25. The van der Waals surface area contributed by atoms with E-state index in [2.05, 4.69) is 15.0 Å². The largest absolute Gasteiger partial charge is 0.278 e. The van der Waals surface area contributed by atoms with Crippen molar-refractivity contribution < 1.29 is 41.1 Å². The molecule has 0 saturated heterocycles. The van der Waals surface area contributed by atoms with Crippen molar-refractivity contribution in [1.29, 1.82) is 0 Å². The molecule has 1 aliphatic rings. The maximum atomic E-state index is 10.1. The lowest BCUT2D eigenvalue weighted by Gasteiger charge is -2.19. The fraction of sp³-hybridized carbons (Fsp3) is 0.0192. The lowest BCUT2D eigenvalue weighted by atomic mass is 9.86. The van der Waals surface area contributed by atoms with Crippen molar-refractivity contribution in [3.63, 3.8) is 0 Å². The van der Waals surface area contributed by atoms with Crippen LogP contribution in [-0.4, -0.2) is 19.5 Å². The average molecular weight is 743 g/mol. The Hall–Kier alpha value is -7.43. The molecule has 2 aromatic heterocycles. The van der Waals surface area contributed by atoms with Gasteiger partial charge >= 0.3 is 0 Å². The number of nitrogens with zero attached hydrogens (tertiary/aromatic N) is 4. The molecule has 0 amide bonds. The topological polar surface area (TPSA) is 43.6 Å². The van der Waals surface area contributed by atoms with E-state index in [1.807, 2.05) is 0 Å². The molecular weight excluding hydrogens is 681 g/mol. The van der Waals surface area contributed by atoms with Crippen molar-refractivity contribution in [3.05, 3.63) is 204 Å². The molecule has 0 atom stereocenters. The van der Waals surface area contributed by atoms with Crippen LogP contribution in [-0.2, 0) is 0 Å². The number of hydrogen-bond donors (Lipinski definition) is 0. The average Bonchev–Trinajstić information content (AvgIpc) is 1.20. The molecule has 0 radical (unpaired) electrons. The number of hydrogen-bond acceptors (Lipinski definition) is 3. The van der Waals surface area contributed by atoms with Crippen LogP contribution >= 0.6 is 0 Å². The predicted molar refractivity (Wildman–Crippen MR) is 230 cm³/mol. The van der Waals surface area contributed by atoms with Crippen LogP contribution in [0.25, 0.3) is 94.0 Å². The van der Waals surface area contributed by atoms with Crippen LogP contribution in [0.1, 0.15) is 63.7 Å². The summed E-state index contributed by atoms with van der Waals surface area (Å²) in [6.07, 6.45) is 0. The molecule has 9 aromatic carbocycles. The molecule has 0 saturated carbocycles. The Kier molecular flexibility index (Phi) is 2.95. The molecule has 0 fully saturated rings. The second kappa shape index (κ2) is 12.0. The van der Waals surface area contributed by atoms with E-state index in [0.717, 1.165) is 10.6 Å². The van der Waals surface area contributed by atoms with Crippen LogP contribution in [0.2, 0.25) is 0 Å². The Balaban J connectivity index is 1.34. The first-order valence-corrected chi connectivity index (χ1v) is 16.7. The van der Waals surface area contributed by atoms with Crippen LogP contribution in [0.4, 0.5) is 0 Å². The second-order valence-electron chi connectivity index (χ2n) is 12.4. The Morgan fingerprint density at radius 2 is 0.786 bits per heavy atom. The molecule has 0 aliphatic heterocycles. The molecule has 12 rings (SSSR count). The molecule has 0 unspecified atom stereocenters. The maximum absolute atomic E-state index is 10.1. The van der Waals surface area contributed by atoms with E-state index in [4.69, 9.17) is 28.8 Å². The number of rotatable bonds is 4. The summed E-state index contributed by atoms with van der Waals surface area (Å²) in [5.74, 6) is -4.66. The third-order valence-electron chi connectivity index (χ3n) is 9.58. The van der Waals surface area contributed by atoms with E-state index < -0.39 is 298 Å². The summed E-state index contributed by atoms with van der Waals surface area (Å²) in [4.78, 5) is 14.0. The molecular formula is C52H32N4. The summed E-state index contributed by atoms with van der Waals surface area (Å²) in [7, 11) is 0. The van der Waals surface area contributed by atoms with Crippen molar-refractivity contribution >= 4 is 54.1 Å². The second-order valence-corrected chi connectivity index (χ2v) is 12.4. The van der Waals surface area contributed by atoms with Crippen LogP contribution in [0.15, 0.2) is 187 Å². The maximum Gasteiger partial charge on any atom is 0.238 e. The first-order chi connectivity index (χ1) is 40.3. The number of benzene rings is 9. The molecule has 11 aromatic rings. The van der Waals surface area contributed by atoms with Crippen molar-refractivity contribution in [2.75, 3.05) is 0 Å². The summed E-state index contributed by atoms with van der Waals surface area (Å²) >= 11 is 0. The van der Waals surface area contributed by atoms with Crippen LogP contribution < -0.4 is 0 Å². The van der Waals surface area contributed by atoms with Gasteiger partial charge in [0.25, 0.3) is 0 Å². The van der Waals surface area contributed by atoms with Crippen LogP contribution in [0.3, 0.4) is 0 Å². The van der Waals surface area contributed by atoms with Crippen molar-refractivity contribution in [1.82, 2.24) is 19.5 Å². The monoisotopic (exact) mass is 742 g/mol. The Bertz CT molecular complexity index is 4990. The zero-order valence-electron chi connectivity index (χ0n) is 57.9. The minimum absolute atomic E-state index is 0.436. The van der Waals surface area contributed by atoms with Crippen molar-refractivity contribution in [2.24, 2.45) is 0 Å². The van der Waals surface area contributed by atoms with Gasteiger partial charge in [-0.1, -0.05) is 169 Å². The first kappa shape index (κ1) is 13.7. The summed E-state index contributed by atoms with van der Waals surface area (Å²) in [6, 6.07) is -24.9. The smallest absolute Gasteiger partial charge is 0.238 e. The highest BCUT2D eigenvalue weighted by atomic mass is 15.2. The molecule has 0 N–H and O–H groups in total. The zero-order chi connectivity index (χ0) is 62.9. The normalized spacial score (nSPS) is 20.1. The van der Waals surface area contributed by atoms with Crippen LogP contribution in [0, 0.1) is 0 Å². The zero-order valence-corrected chi connectivity index (χ0v) is 27.9. The van der Waals surface area contributed by atoms with Gasteiger partial charge in [0.2, 0.25) is 5.95 Å². The van der Waals surface area contributed by atoms with E-state index >= 15 is 0 Å². The minimum atomic E-state index is -2.00. The Morgan fingerprint density at radius 1 is 0.375 bits per heavy atom. The van der Waals surface area contributed by atoms with E-state index in [0.29, 0.717) is 0 Å². The highest BCUT2D eigenvalue weighted by Gasteiger charge is 2.32. The Labute approximate surface area is 365 Å². The fourth-order valence-electron chi connectivity index (χ4n) is 7.27. The quantitative estimate of drug-likeness (QED) is 0.169. The molecule has 4 heteroatoms. The van der Waals surface area contributed by atoms with Gasteiger partial charge in [0.05, 0.1) is 52.2 Å². The lowest BCUT2D eigenvalue weighted by Crippen LogP contribution is -2.08. The molecule has 0 bridgehead atoms. The van der Waals surface area contributed by atoms with Gasteiger partial charge in [-0.2, -0.15) is 9.97 Å². The lowest BCUT2D eigenvalue weighted by molar-refractivity contribution is 0.945. The fourth-order valence-corrected chi connectivity index (χ4v) is 7.27. The van der Waals surface area contributed by atoms with Gasteiger partial charge in [-0.15, -0.1) is 0 Å². The molecule has 260 valence electrons. The summed E-state index contributed by atoms with van der Waals surface area (Å²) in [5, 5.41) is -3.91. The number of fused-ring (bicyclic) bond motifs is 12. The molecule has 4 nitrogen and oxygen atoms in total. The number of para-hydroxylation sites is 2. The van der Waals surface area contributed by atoms with E-state index in [1.54, 1.807) is 0 Å². The van der Waals surface area contributed by atoms with Gasteiger partial charge in [0, 0.05) is 27.8 Å². The van der Waals surface area contributed by atoms with Gasteiger partial charge in [-0.25, -0.2) is 4.98 Å². The third kappa shape index (κ3) is 4.50. The van der Waals surface area contributed by atoms with E-state index in [9.17, 15) is 12.3 Å². The van der Waals surface area contributed by atoms with Gasteiger partial charge in [0.1, 0.15) is 0 Å². The van der Waals surface area contributed by atoms with Crippen molar-refractivity contribution in [2.45, 2.75) is 5.92 Å². The third-order valence-corrected chi connectivity index (χ3v) is 9.58. The first-order valence-electron chi connectivity index (χ1n) is 31.7. The van der Waals surface area contributed by atoms with Crippen LogP contribution in [0.5, 0.6) is 0 Å². The van der Waals surface area contributed by atoms with E-state index in [1.165, 1.54) is 0 Å². The predicted octanol–water partition coefficient (Wildman–Crippen LogP) is 12.9. The molecule has 1 aliphatic carbocycles. The summed E-state index contributed by atoms with van der Waals surface area (Å²) < 4.78 is 272. The SMILES string of the molecule is [2H]c1c([2H])c([2H])c(C2c3c([2H])c([2H])c([2H])c([2H])c3-c3c([2H])c([2H])c([2H])c([2H])c32)c(-c2nc(-c3cc([2H])c4c(c3[2H])c3c([2H])c([2H])c([2H])c([2H])c3c3c([2H])c([2H])c([2H])c([2H])c43)nc(-n3c4c([2H])c([2H])c([2H])c([2H])c4c4c([2H])c([2H])c([2H])c([2H])c43)n2)c1[2H].